The van der Waals surface area contributed by atoms with Crippen LogP contribution in [0.15, 0.2) is 24.3 Å². The van der Waals surface area contributed by atoms with Crippen molar-refractivity contribution in [2.75, 3.05) is 0 Å². The van der Waals surface area contributed by atoms with E-state index in [0.717, 1.165) is 11.8 Å². The zero-order valence-electron chi connectivity index (χ0n) is 7.24. The van der Waals surface area contributed by atoms with Crippen molar-refractivity contribution in [3.8, 4) is 5.75 Å². The SMILES string of the molecule is CC(C)(C=O)c1cccc(O)c1. The molecule has 0 saturated heterocycles. The van der Waals surface area contributed by atoms with Gasteiger partial charge in [0.15, 0.2) is 0 Å². The Kier molecular flexibility index (Phi) is 2.18. The molecule has 12 heavy (non-hydrogen) atoms. The molecule has 0 spiro atoms. The van der Waals surface area contributed by atoms with Crippen LogP contribution >= 0.6 is 0 Å². The summed E-state index contributed by atoms with van der Waals surface area (Å²) >= 11 is 0. The first kappa shape index (κ1) is 8.78. The first-order valence-electron chi connectivity index (χ1n) is 3.82. The van der Waals surface area contributed by atoms with Crippen molar-refractivity contribution in [1.82, 2.24) is 0 Å². The third-order valence-corrected chi connectivity index (χ3v) is 1.88. The number of hydrogen-bond acceptors (Lipinski definition) is 2. The average molecular weight is 164 g/mol. The summed E-state index contributed by atoms with van der Waals surface area (Å²) in [7, 11) is 0. The Hall–Kier alpha value is -1.31. The van der Waals surface area contributed by atoms with Crippen molar-refractivity contribution in [3.63, 3.8) is 0 Å². The van der Waals surface area contributed by atoms with E-state index in [-0.39, 0.29) is 5.75 Å². The molecule has 0 unspecified atom stereocenters. The van der Waals surface area contributed by atoms with E-state index in [1.165, 1.54) is 0 Å². The van der Waals surface area contributed by atoms with E-state index < -0.39 is 5.41 Å². The largest absolute Gasteiger partial charge is 0.508 e. The van der Waals surface area contributed by atoms with Gasteiger partial charge in [-0.05, 0) is 31.5 Å². The lowest BCUT2D eigenvalue weighted by Gasteiger charge is -2.16. The van der Waals surface area contributed by atoms with Gasteiger partial charge in [0.25, 0.3) is 0 Å². The third kappa shape index (κ3) is 1.64. The van der Waals surface area contributed by atoms with Crippen LogP contribution in [0.3, 0.4) is 0 Å². The second-order valence-corrected chi connectivity index (χ2v) is 3.39. The predicted octanol–water partition coefficient (Wildman–Crippen LogP) is 1.87. The minimum atomic E-state index is -0.515. The summed E-state index contributed by atoms with van der Waals surface area (Å²) in [5.41, 5.74) is 0.316. The lowest BCUT2D eigenvalue weighted by Crippen LogP contribution is -2.18. The van der Waals surface area contributed by atoms with E-state index in [1.807, 2.05) is 19.9 Å². The van der Waals surface area contributed by atoms with Crippen molar-refractivity contribution >= 4 is 6.29 Å². The molecule has 0 saturated carbocycles. The lowest BCUT2D eigenvalue weighted by atomic mass is 9.86. The Morgan fingerprint density at radius 3 is 2.58 bits per heavy atom. The molecule has 0 amide bonds. The first-order chi connectivity index (χ1) is 5.56. The molecule has 0 bridgehead atoms. The van der Waals surface area contributed by atoms with Crippen LogP contribution in [0.1, 0.15) is 19.4 Å². The molecule has 0 aliphatic heterocycles. The normalized spacial score (nSPS) is 11.2. The molecule has 1 aromatic rings. The molecular weight excluding hydrogens is 152 g/mol. The molecule has 1 N–H and O–H groups in total. The van der Waals surface area contributed by atoms with E-state index in [4.69, 9.17) is 5.11 Å². The number of benzene rings is 1. The van der Waals surface area contributed by atoms with Crippen LogP contribution in [0.2, 0.25) is 0 Å². The molecule has 0 aliphatic rings. The van der Waals surface area contributed by atoms with Gasteiger partial charge in [0.05, 0.1) is 0 Å². The maximum Gasteiger partial charge on any atom is 0.129 e. The summed E-state index contributed by atoms with van der Waals surface area (Å²) in [6, 6.07) is 6.75. The Morgan fingerprint density at radius 1 is 1.42 bits per heavy atom. The fourth-order valence-corrected chi connectivity index (χ4v) is 0.975. The van der Waals surface area contributed by atoms with E-state index in [1.54, 1.807) is 18.2 Å². The highest BCUT2D eigenvalue weighted by molar-refractivity contribution is 5.67. The first-order valence-corrected chi connectivity index (χ1v) is 3.82. The fourth-order valence-electron chi connectivity index (χ4n) is 0.975. The van der Waals surface area contributed by atoms with Crippen molar-refractivity contribution in [2.24, 2.45) is 0 Å². The van der Waals surface area contributed by atoms with Crippen LogP contribution in [0.5, 0.6) is 5.75 Å². The average Bonchev–Trinajstić information content (AvgIpc) is 2.05. The summed E-state index contributed by atoms with van der Waals surface area (Å²) in [5, 5.41) is 9.16. The quantitative estimate of drug-likeness (QED) is 0.677. The molecule has 1 aromatic carbocycles. The van der Waals surface area contributed by atoms with Gasteiger partial charge in [0.2, 0.25) is 0 Å². The number of aldehydes is 1. The van der Waals surface area contributed by atoms with E-state index >= 15 is 0 Å². The number of aromatic hydroxyl groups is 1. The van der Waals surface area contributed by atoms with Crippen LogP contribution in [-0.2, 0) is 10.2 Å². The molecule has 2 heteroatoms. The second kappa shape index (κ2) is 2.97. The number of hydrogen-bond donors (Lipinski definition) is 1. The van der Waals surface area contributed by atoms with Gasteiger partial charge >= 0.3 is 0 Å². The van der Waals surface area contributed by atoms with Gasteiger partial charge in [-0.15, -0.1) is 0 Å². The summed E-state index contributed by atoms with van der Waals surface area (Å²) in [6.45, 7) is 3.63. The number of rotatable bonds is 2. The van der Waals surface area contributed by atoms with Gasteiger partial charge < -0.3 is 9.90 Å². The molecule has 64 valence electrons. The van der Waals surface area contributed by atoms with Gasteiger partial charge in [0, 0.05) is 5.41 Å². The monoisotopic (exact) mass is 164 g/mol. The van der Waals surface area contributed by atoms with Gasteiger partial charge in [-0.3, -0.25) is 0 Å². The van der Waals surface area contributed by atoms with Crippen LogP contribution in [-0.4, -0.2) is 11.4 Å². The van der Waals surface area contributed by atoms with Crippen molar-refractivity contribution in [3.05, 3.63) is 29.8 Å². The van der Waals surface area contributed by atoms with Gasteiger partial charge in [-0.25, -0.2) is 0 Å². The zero-order valence-corrected chi connectivity index (χ0v) is 7.24. The summed E-state index contributed by atoms with van der Waals surface area (Å²) < 4.78 is 0. The van der Waals surface area contributed by atoms with Crippen LogP contribution in [0.4, 0.5) is 0 Å². The number of phenols is 1. The van der Waals surface area contributed by atoms with Crippen molar-refractivity contribution < 1.29 is 9.90 Å². The molecule has 0 aliphatic carbocycles. The highest BCUT2D eigenvalue weighted by atomic mass is 16.3. The molecule has 0 heterocycles. The maximum atomic E-state index is 10.7. The lowest BCUT2D eigenvalue weighted by molar-refractivity contribution is -0.111. The van der Waals surface area contributed by atoms with E-state index in [2.05, 4.69) is 0 Å². The smallest absolute Gasteiger partial charge is 0.129 e. The molecule has 0 radical (unpaired) electrons. The maximum absolute atomic E-state index is 10.7. The minimum Gasteiger partial charge on any atom is -0.508 e. The highest BCUT2D eigenvalue weighted by Gasteiger charge is 2.19. The Bertz CT molecular complexity index is 290. The van der Waals surface area contributed by atoms with Crippen LogP contribution in [0.25, 0.3) is 0 Å². The van der Waals surface area contributed by atoms with E-state index in [9.17, 15) is 4.79 Å². The summed E-state index contributed by atoms with van der Waals surface area (Å²) in [6.07, 6.45) is 0.877. The number of carbonyl (C=O) groups is 1. The van der Waals surface area contributed by atoms with Gasteiger partial charge in [-0.1, -0.05) is 12.1 Å². The molecule has 0 atom stereocenters. The van der Waals surface area contributed by atoms with Crippen molar-refractivity contribution in [1.29, 1.82) is 0 Å². The summed E-state index contributed by atoms with van der Waals surface area (Å²) in [5.74, 6) is 0.197. The number of phenolic OH excluding ortho intramolecular Hbond substituents is 1. The Balaban J connectivity index is 3.11. The highest BCUT2D eigenvalue weighted by Crippen LogP contribution is 2.23. The van der Waals surface area contributed by atoms with Crippen LogP contribution < -0.4 is 0 Å². The molecular formula is C10H12O2. The third-order valence-electron chi connectivity index (χ3n) is 1.88. The zero-order chi connectivity index (χ0) is 9.19. The van der Waals surface area contributed by atoms with Gasteiger partial charge in [0.1, 0.15) is 12.0 Å². The minimum absolute atomic E-state index is 0.197. The molecule has 1 rings (SSSR count). The molecule has 0 aromatic heterocycles. The van der Waals surface area contributed by atoms with Crippen molar-refractivity contribution in [2.45, 2.75) is 19.3 Å². The molecule has 2 nitrogen and oxygen atoms in total. The molecule has 0 fully saturated rings. The Morgan fingerprint density at radius 2 is 2.08 bits per heavy atom. The topological polar surface area (TPSA) is 37.3 Å². The second-order valence-electron chi connectivity index (χ2n) is 3.39. The standard InChI is InChI=1S/C10H12O2/c1-10(2,7-11)8-4-3-5-9(12)6-8/h3-7,12H,1-2H3. The summed E-state index contributed by atoms with van der Waals surface area (Å²) in [4.78, 5) is 10.7. The fraction of sp³-hybridized carbons (Fsp3) is 0.300. The van der Waals surface area contributed by atoms with Crippen LogP contribution in [0, 0.1) is 0 Å². The van der Waals surface area contributed by atoms with Gasteiger partial charge in [-0.2, -0.15) is 0 Å². The number of carbonyl (C=O) groups excluding carboxylic acids is 1. The predicted molar refractivity (Wildman–Crippen MR) is 47.2 cm³/mol. The Labute approximate surface area is 71.8 Å². The van der Waals surface area contributed by atoms with E-state index in [0.29, 0.717) is 0 Å².